The molecule has 2 atom stereocenters. The first-order valence-corrected chi connectivity index (χ1v) is 20.9. The van der Waals surface area contributed by atoms with E-state index in [1.165, 1.54) is 36.8 Å². The zero-order chi connectivity index (χ0) is 33.1. The van der Waals surface area contributed by atoms with Crippen LogP contribution in [0.3, 0.4) is 0 Å². The molecular weight excluding hydrogens is 613 g/mol. The first-order chi connectivity index (χ1) is 22.4. The Morgan fingerprint density at radius 1 is 0.522 bits per heavy atom. The van der Waals surface area contributed by atoms with Crippen molar-refractivity contribution in [1.82, 2.24) is 10.6 Å². The third-order valence-corrected chi connectivity index (χ3v) is 13.2. The fraction of sp³-hybridized carbons (Fsp3) is 0.556. The Morgan fingerprint density at radius 3 is 1.11 bits per heavy atom. The van der Waals surface area contributed by atoms with Crippen molar-refractivity contribution < 1.29 is 26.6 Å². The third-order valence-electron chi connectivity index (χ3n) is 7.90. The summed E-state index contributed by atoms with van der Waals surface area (Å²) in [5.41, 5.74) is 8.77. The number of rotatable bonds is 22. The molecule has 0 amide bonds. The van der Waals surface area contributed by atoms with Gasteiger partial charge in [-0.3, -0.25) is 0 Å². The summed E-state index contributed by atoms with van der Waals surface area (Å²) in [5.74, 6) is 0. The second-order valence-electron chi connectivity index (χ2n) is 11.2. The van der Waals surface area contributed by atoms with Gasteiger partial charge in [-0.05, 0) is 88.0 Å². The monoisotopic (exact) mass is 670 g/mol. The molecule has 1 aliphatic carbocycles. The first-order valence-electron chi connectivity index (χ1n) is 17.3. The number of hydrogen-bond acceptors (Lipinski definition) is 8. The molecule has 0 heterocycles. The lowest BCUT2D eigenvalue weighted by Gasteiger charge is -2.33. The molecule has 0 spiro atoms. The quantitative estimate of drug-likeness (QED) is 0.129. The van der Waals surface area contributed by atoms with Gasteiger partial charge in [-0.2, -0.15) is 0 Å². The number of hydrogen-bond donors (Lipinski definition) is 2. The van der Waals surface area contributed by atoms with Gasteiger partial charge in [0.05, 0.1) is 0 Å². The molecule has 0 saturated heterocycles. The highest BCUT2D eigenvalue weighted by Crippen LogP contribution is 2.21. The van der Waals surface area contributed by atoms with Crippen LogP contribution in [0.1, 0.15) is 89.5 Å². The Hall–Kier alpha value is -1.97. The molecule has 2 N–H and O–H groups in total. The lowest BCUT2D eigenvalue weighted by atomic mass is 9.90. The molecule has 2 aromatic carbocycles. The summed E-state index contributed by atoms with van der Waals surface area (Å²) in [6.45, 7) is 16.9. The molecule has 0 radical (unpaired) electrons. The minimum Gasteiger partial charge on any atom is -0.371 e. The van der Waals surface area contributed by atoms with E-state index in [9.17, 15) is 0 Å². The Balaban J connectivity index is 1.54. The minimum atomic E-state index is -2.81. The van der Waals surface area contributed by atoms with Crippen LogP contribution in [0.25, 0.3) is 12.2 Å². The highest BCUT2D eigenvalue weighted by molar-refractivity contribution is 6.67. The number of benzene rings is 2. The second kappa shape index (κ2) is 21.1. The Labute approximate surface area is 280 Å². The van der Waals surface area contributed by atoms with E-state index in [1.54, 1.807) is 0 Å². The lowest BCUT2D eigenvalue weighted by Crippen LogP contribution is -2.49. The van der Waals surface area contributed by atoms with E-state index in [0.29, 0.717) is 51.7 Å². The molecule has 256 valence electrons. The van der Waals surface area contributed by atoms with Gasteiger partial charge in [0.2, 0.25) is 0 Å². The summed E-state index contributed by atoms with van der Waals surface area (Å²) >= 11 is 0. The van der Waals surface area contributed by atoms with Crippen molar-refractivity contribution in [1.29, 1.82) is 0 Å². The zero-order valence-corrected chi connectivity index (χ0v) is 31.0. The summed E-state index contributed by atoms with van der Waals surface area (Å²) in [5, 5.41) is 7.69. The van der Waals surface area contributed by atoms with E-state index in [4.69, 9.17) is 26.6 Å². The van der Waals surface area contributed by atoms with Gasteiger partial charge < -0.3 is 37.2 Å². The van der Waals surface area contributed by atoms with Gasteiger partial charge in [-0.15, -0.1) is 0 Å². The predicted molar refractivity (Wildman–Crippen MR) is 192 cm³/mol. The van der Waals surface area contributed by atoms with E-state index in [-0.39, 0.29) is 0 Å². The Morgan fingerprint density at radius 2 is 0.826 bits per heavy atom. The Kier molecular flexibility index (Phi) is 17.6. The molecular formula is C36H58N2O6Si2. The molecule has 2 aromatic rings. The van der Waals surface area contributed by atoms with Crippen molar-refractivity contribution in [3.05, 3.63) is 82.2 Å². The average Bonchev–Trinajstić information content (AvgIpc) is 3.07. The maximum absolute atomic E-state index is 5.95. The molecule has 1 aliphatic rings. The van der Waals surface area contributed by atoms with Crippen molar-refractivity contribution in [3.8, 4) is 0 Å². The molecule has 8 nitrogen and oxygen atoms in total. The molecule has 0 unspecified atom stereocenters. The Bertz CT molecular complexity index is 1040. The molecule has 1 saturated carbocycles. The van der Waals surface area contributed by atoms with Crippen LogP contribution in [0.5, 0.6) is 0 Å². The van der Waals surface area contributed by atoms with Crippen molar-refractivity contribution in [2.45, 2.75) is 92.4 Å². The minimum absolute atomic E-state index is 0.444. The molecule has 10 heteroatoms. The van der Waals surface area contributed by atoms with Crippen LogP contribution in [-0.4, -0.2) is 69.3 Å². The average molecular weight is 671 g/mol. The molecule has 1 fully saturated rings. The molecule has 3 rings (SSSR count). The van der Waals surface area contributed by atoms with Crippen LogP contribution in [0.15, 0.2) is 59.9 Å². The molecule has 46 heavy (non-hydrogen) atoms. The largest absolute Gasteiger partial charge is 0.529 e. The SMILES string of the molecule is CCO[Si](/C=C/c1ccc(CN[C@@H]2CCCC[C@H]2NCc2ccc(/C=C/[Si](OCC)(OCC)OCC)cc2)cc1)(OCC)OCC. The van der Waals surface area contributed by atoms with E-state index in [0.717, 1.165) is 24.2 Å². The van der Waals surface area contributed by atoms with Gasteiger partial charge in [0.1, 0.15) is 0 Å². The summed E-state index contributed by atoms with van der Waals surface area (Å²) < 4.78 is 35.7. The van der Waals surface area contributed by atoms with E-state index in [2.05, 4.69) is 71.3 Å². The fourth-order valence-electron chi connectivity index (χ4n) is 5.75. The summed E-state index contributed by atoms with van der Waals surface area (Å²) in [7, 11) is -5.62. The highest BCUT2D eigenvalue weighted by Gasteiger charge is 2.38. The van der Waals surface area contributed by atoms with Crippen LogP contribution in [0.2, 0.25) is 0 Å². The highest BCUT2D eigenvalue weighted by atomic mass is 28.4. The summed E-state index contributed by atoms with van der Waals surface area (Å²) in [6, 6.07) is 18.3. The van der Waals surface area contributed by atoms with Gasteiger partial charge in [-0.1, -0.05) is 73.5 Å². The summed E-state index contributed by atoms with van der Waals surface area (Å²) in [4.78, 5) is 0. The topological polar surface area (TPSA) is 79.4 Å². The van der Waals surface area contributed by atoms with Crippen molar-refractivity contribution in [3.63, 3.8) is 0 Å². The molecule has 0 bridgehead atoms. The zero-order valence-electron chi connectivity index (χ0n) is 29.0. The second-order valence-corrected chi connectivity index (χ2v) is 16.0. The summed E-state index contributed by atoms with van der Waals surface area (Å²) in [6.07, 6.45) is 9.03. The van der Waals surface area contributed by atoms with Gasteiger partial charge in [0.15, 0.2) is 0 Å². The third kappa shape index (κ3) is 12.6. The smallest absolute Gasteiger partial charge is 0.371 e. The predicted octanol–water partition coefficient (Wildman–Crippen LogP) is 7.08. The van der Waals surface area contributed by atoms with E-state index < -0.39 is 17.6 Å². The van der Waals surface area contributed by atoms with Crippen molar-refractivity contribution in [2.24, 2.45) is 0 Å². The van der Waals surface area contributed by atoms with Gasteiger partial charge in [0.25, 0.3) is 0 Å². The standard InChI is InChI=1S/C36H58N2O6Si2/c1-7-39-45(40-8-2,41-9-3)27-25-31-17-21-33(22-18-31)29-37-35-15-13-14-16-36(35)38-30-34-23-19-32(20-24-34)26-28-46(42-10-4,43-11-5)44-12-6/h17-28,35-38H,7-16,29-30H2,1-6H3/b27-25+,28-26+/t35-,36-/m1/s1. The van der Waals surface area contributed by atoms with Gasteiger partial charge in [0, 0.05) is 64.8 Å². The molecule has 0 aromatic heterocycles. The van der Waals surface area contributed by atoms with Crippen LogP contribution in [0, 0.1) is 0 Å². The normalized spacial score (nSPS) is 17.8. The van der Waals surface area contributed by atoms with Gasteiger partial charge in [-0.25, -0.2) is 0 Å². The van der Waals surface area contributed by atoms with Crippen molar-refractivity contribution >= 4 is 29.8 Å². The van der Waals surface area contributed by atoms with E-state index in [1.807, 2.05) is 52.9 Å². The molecule has 0 aliphatic heterocycles. The van der Waals surface area contributed by atoms with Crippen LogP contribution in [0.4, 0.5) is 0 Å². The van der Waals surface area contributed by atoms with Crippen LogP contribution < -0.4 is 10.6 Å². The van der Waals surface area contributed by atoms with Crippen molar-refractivity contribution in [2.75, 3.05) is 39.6 Å². The fourth-order valence-corrected chi connectivity index (χ4v) is 10.0. The lowest BCUT2D eigenvalue weighted by molar-refractivity contribution is 0.0837. The van der Waals surface area contributed by atoms with Gasteiger partial charge >= 0.3 is 17.6 Å². The van der Waals surface area contributed by atoms with Crippen LogP contribution >= 0.6 is 0 Å². The first kappa shape index (κ1) is 38.5. The maximum Gasteiger partial charge on any atom is 0.529 e. The van der Waals surface area contributed by atoms with Crippen LogP contribution in [-0.2, 0) is 39.6 Å². The maximum atomic E-state index is 5.95. The number of nitrogens with one attached hydrogen (secondary N) is 2. The van der Waals surface area contributed by atoms with E-state index >= 15 is 0 Å².